The van der Waals surface area contributed by atoms with E-state index in [0.717, 1.165) is 12.8 Å². The van der Waals surface area contributed by atoms with Crippen LogP contribution < -0.4 is 16.0 Å². The molecule has 11 nitrogen and oxygen atoms in total. The van der Waals surface area contributed by atoms with Crippen LogP contribution in [0.3, 0.4) is 0 Å². The summed E-state index contributed by atoms with van der Waals surface area (Å²) in [5.41, 5.74) is 1.97. The smallest absolute Gasteiger partial charge is 0.338 e. The molecule has 0 spiro atoms. The van der Waals surface area contributed by atoms with Gasteiger partial charge in [0, 0.05) is 34.0 Å². The molecule has 0 radical (unpaired) electrons. The average Bonchev–Trinajstić information content (AvgIpc) is 3.08. The van der Waals surface area contributed by atoms with Crippen LogP contribution in [0.5, 0.6) is 0 Å². The van der Waals surface area contributed by atoms with Crippen LogP contribution in [-0.4, -0.2) is 41.0 Å². The van der Waals surface area contributed by atoms with Crippen LogP contribution in [0.25, 0.3) is 6.08 Å². The number of thioether (sulfide) groups is 1. The summed E-state index contributed by atoms with van der Waals surface area (Å²) in [7, 11) is 0. The number of benzene rings is 4. The third-order valence-corrected chi connectivity index (χ3v) is 7.53. The Labute approximate surface area is 275 Å². The van der Waals surface area contributed by atoms with Gasteiger partial charge in [0.2, 0.25) is 5.91 Å². The van der Waals surface area contributed by atoms with Crippen molar-refractivity contribution in [2.45, 2.75) is 24.7 Å². The molecule has 240 valence electrons. The molecule has 3 N–H and O–H groups in total. The van der Waals surface area contributed by atoms with Crippen molar-refractivity contribution >= 4 is 58.6 Å². The second kappa shape index (κ2) is 17.1. The first-order chi connectivity index (χ1) is 22.7. The Hall–Kier alpha value is -5.75. The van der Waals surface area contributed by atoms with E-state index in [9.17, 15) is 29.3 Å². The molecule has 0 saturated carbocycles. The Morgan fingerprint density at radius 1 is 0.830 bits per heavy atom. The molecule has 12 heteroatoms. The van der Waals surface area contributed by atoms with E-state index in [4.69, 9.17) is 4.74 Å². The number of rotatable bonds is 14. The van der Waals surface area contributed by atoms with Gasteiger partial charge < -0.3 is 20.7 Å². The molecule has 0 unspecified atom stereocenters. The van der Waals surface area contributed by atoms with Gasteiger partial charge in [-0.05, 0) is 84.8 Å². The number of nitro benzene ring substituents is 1. The molecule has 3 amide bonds. The second-order valence-corrected chi connectivity index (χ2v) is 11.2. The number of unbranched alkanes of at least 4 members (excludes halogenated alkanes) is 1. The molecule has 0 fully saturated rings. The standard InChI is InChI=1S/C35H32N4O7S/c1-2-3-20-46-35(43)26-14-16-27(17-15-26)36-32(40)23-47-30-11-7-10-28(22-30)37-34(42)31(38-33(41)25-8-5-4-6-9-25)21-24-12-18-29(19-13-24)39(44)45/h4-19,21-22H,2-3,20,23H2,1H3,(H,36,40)(H,37,42)(H,38,41)/b31-21+. The first-order valence-electron chi connectivity index (χ1n) is 14.7. The lowest BCUT2D eigenvalue weighted by atomic mass is 10.1. The zero-order valence-electron chi connectivity index (χ0n) is 25.4. The maximum Gasteiger partial charge on any atom is 0.338 e. The summed E-state index contributed by atoms with van der Waals surface area (Å²) in [4.78, 5) is 62.2. The summed E-state index contributed by atoms with van der Waals surface area (Å²) in [6.45, 7) is 2.37. The van der Waals surface area contributed by atoms with Gasteiger partial charge in [-0.3, -0.25) is 24.5 Å². The number of nitro groups is 1. The van der Waals surface area contributed by atoms with Gasteiger partial charge in [-0.15, -0.1) is 11.8 Å². The molecule has 0 heterocycles. The first kappa shape index (κ1) is 34.1. The fourth-order valence-corrected chi connectivity index (χ4v) is 4.85. The highest BCUT2D eigenvalue weighted by Crippen LogP contribution is 2.23. The number of carbonyl (C=O) groups excluding carboxylic acids is 4. The fraction of sp³-hybridized carbons (Fsp3) is 0.143. The molecule has 0 bridgehead atoms. The van der Waals surface area contributed by atoms with E-state index in [1.165, 1.54) is 42.1 Å². The highest BCUT2D eigenvalue weighted by Gasteiger charge is 2.16. The molecule has 47 heavy (non-hydrogen) atoms. The Morgan fingerprint density at radius 3 is 2.23 bits per heavy atom. The summed E-state index contributed by atoms with van der Waals surface area (Å²) in [5, 5.41) is 19.2. The summed E-state index contributed by atoms with van der Waals surface area (Å²) in [6.07, 6.45) is 3.14. The van der Waals surface area contributed by atoms with E-state index in [-0.39, 0.29) is 23.0 Å². The summed E-state index contributed by atoms with van der Waals surface area (Å²) >= 11 is 1.25. The van der Waals surface area contributed by atoms with Crippen LogP contribution in [-0.2, 0) is 14.3 Å². The van der Waals surface area contributed by atoms with Crippen LogP contribution >= 0.6 is 11.8 Å². The molecule has 4 aromatic carbocycles. The predicted octanol–water partition coefficient (Wildman–Crippen LogP) is 6.69. The first-order valence-corrected chi connectivity index (χ1v) is 15.6. The van der Waals surface area contributed by atoms with Crippen LogP contribution in [0.1, 0.15) is 46.0 Å². The average molecular weight is 653 g/mol. The zero-order valence-corrected chi connectivity index (χ0v) is 26.3. The summed E-state index contributed by atoms with van der Waals surface area (Å²) in [5.74, 6) is -1.72. The van der Waals surface area contributed by atoms with E-state index < -0.39 is 22.7 Å². The largest absolute Gasteiger partial charge is 0.462 e. The van der Waals surface area contributed by atoms with Gasteiger partial charge >= 0.3 is 5.97 Å². The van der Waals surface area contributed by atoms with Crippen molar-refractivity contribution in [3.8, 4) is 0 Å². The number of carbonyl (C=O) groups is 4. The Bertz CT molecular complexity index is 1760. The molecule has 0 saturated heterocycles. The van der Waals surface area contributed by atoms with E-state index in [1.54, 1.807) is 78.9 Å². The van der Waals surface area contributed by atoms with Crippen molar-refractivity contribution in [1.82, 2.24) is 5.32 Å². The highest BCUT2D eigenvalue weighted by molar-refractivity contribution is 8.00. The van der Waals surface area contributed by atoms with Crippen molar-refractivity contribution < 1.29 is 28.8 Å². The molecular weight excluding hydrogens is 620 g/mol. The van der Waals surface area contributed by atoms with Crippen LogP contribution in [0, 0.1) is 10.1 Å². The van der Waals surface area contributed by atoms with Crippen molar-refractivity contribution in [1.29, 1.82) is 0 Å². The zero-order chi connectivity index (χ0) is 33.6. The van der Waals surface area contributed by atoms with Crippen molar-refractivity contribution in [3.05, 3.63) is 136 Å². The van der Waals surface area contributed by atoms with Gasteiger partial charge in [0.1, 0.15) is 5.70 Å². The maximum atomic E-state index is 13.4. The molecule has 0 aliphatic rings. The number of non-ortho nitro benzene ring substituents is 1. The molecule has 4 aromatic rings. The lowest BCUT2D eigenvalue weighted by Crippen LogP contribution is -2.30. The monoisotopic (exact) mass is 652 g/mol. The number of hydrogen-bond acceptors (Lipinski definition) is 8. The maximum absolute atomic E-state index is 13.4. The van der Waals surface area contributed by atoms with Crippen LogP contribution in [0.4, 0.5) is 17.1 Å². The van der Waals surface area contributed by atoms with Gasteiger partial charge in [-0.2, -0.15) is 0 Å². The topological polar surface area (TPSA) is 157 Å². The predicted molar refractivity (Wildman–Crippen MR) is 181 cm³/mol. The number of nitrogens with zero attached hydrogens (tertiary/aromatic N) is 1. The summed E-state index contributed by atoms with van der Waals surface area (Å²) in [6, 6.07) is 27.2. The minimum atomic E-state index is -0.620. The van der Waals surface area contributed by atoms with Gasteiger partial charge in [0.05, 0.1) is 22.8 Å². The van der Waals surface area contributed by atoms with E-state index in [2.05, 4.69) is 16.0 Å². The fourth-order valence-electron chi connectivity index (χ4n) is 4.09. The quantitative estimate of drug-likeness (QED) is 0.0340. The molecule has 0 aliphatic heterocycles. The normalized spacial score (nSPS) is 10.9. The van der Waals surface area contributed by atoms with Gasteiger partial charge in [0.15, 0.2) is 0 Å². The Balaban J connectivity index is 1.39. The van der Waals surface area contributed by atoms with Gasteiger partial charge in [-0.1, -0.05) is 37.6 Å². The molecule has 0 aromatic heterocycles. The number of amides is 3. The van der Waals surface area contributed by atoms with Crippen molar-refractivity contribution in [2.24, 2.45) is 0 Å². The third kappa shape index (κ3) is 10.7. The van der Waals surface area contributed by atoms with E-state index >= 15 is 0 Å². The number of esters is 1. The molecular formula is C35H32N4O7S. The molecule has 0 atom stereocenters. The van der Waals surface area contributed by atoms with Gasteiger partial charge in [0.25, 0.3) is 17.5 Å². The number of hydrogen-bond donors (Lipinski definition) is 3. The number of anilines is 2. The van der Waals surface area contributed by atoms with Crippen LogP contribution in [0.2, 0.25) is 0 Å². The van der Waals surface area contributed by atoms with Crippen LogP contribution in [0.15, 0.2) is 114 Å². The van der Waals surface area contributed by atoms with Crippen molar-refractivity contribution in [3.63, 3.8) is 0 Å². The highest BCUT2D eigenvalue weighted by atomic mass is 32.2. The Kier molecular flexibility index (Phi) is 12.4. The molecule has 4 rings (SSSR count). The van der Waals surface area contributed by atoms with E-state index in [1.807, 2.05) is 6.92 Å². The van der Waals surface area contributed by atoms with Crippen molar-refractivity contribution in [2.75, 3.05) is 23.0 Å². The minimum absolute atomic E-state index is 0.0784. The SMILES string of the molecule is CCCCOC(=O)c1ccc(NC(=O)CSc2cccc(NC(=O)/C(=C\c3ccc([N+](=O)[O-])cc3)NC(=O)c3ccccc3)c2)cc1. The minimum Gasteiger partial charge on any atom is -0.462 e. The Morgan fingerprint density at radius 2 is 1.55 bits per heavy atom. The number of ether oxygens (including phenoxy) is 1. The number of nitrogens with one attached hydrogen (secondary N) is 3. The summed E-state index contributed by atoms with van der Waals surface area (Å²) < 4.78 is 5.20. The third-order valence-electron chi connectivity index (χ3n) is 6.54. The van der Waals surface area contributed by atoms with Gasteiger partial charge in [-0.25, -0.2) is 4.79 Å². The molecule has 0 aliphatic carbocycles. The van der Waals surface area contributed by atoms with E-state index in [0.29, 0.717) is 39.6 Å². The lowest BCUT2D eigenvalue weighted by molar-refractivity contribution is -0.384. The lowest BCUT2D eigenvalue weighted by Gasteiger charge is -2.12. The second-order valence-electron chi connectivity index (χ2n) is 10.1.